The van der Waals surface area contributed by atoms with E-state index in [2.05, 4.69) is 5.32 Å². The minimum absolute atomic E-state index is 0.0624. The highest BCUT2D eigenvalue weighted by Crippen LogP contribution is 2.45. The summed E-state index contributed by atoms with van der Waals surface area (Å²) in [7, 11) is 2.97. The molecule has 0 saturated carbocycles. The number of hydrogen-bond donors (Lipinski definition) is 2. The second-order valence-corrected chi connectivity index (χ2v) is 8.63. The molecule has 1 unspecified atom stereocenters. The molecule has 0 aliphatic carbocycles. The molecular weight excluding hydrogens is 488 g/mol. The molecule has 192 valence electrons. The van der Waals surface area contributed by atoms with Crippen LogP contribution in [0.25, 0.3) is 11.0 Å². The van der Waals surface area contributed by atoms with E-state index in [0.717, 1.165) is 0 Å². The molecule has 2 amide bonds. The molecule has 2 heterocycles. The second kappa shape index (κ2) is 9.78. The first kappa shape index (κ1) is 24.6. The summed E-state index contributed by atoms with van der Waals surface area (Å²) < 4.78 is 16.8. The number of rotatable bonds is 7. The van der Waals surface area contributed by atoms with Gasteiger partial charge in [-0.2, -0.15) is 0 Å². The predicted octanol–water partition coefficient (Wildman–Crippen LogP) is 5.19. The summed E-state index contributed by atoms with van der Waals surface area (Å²) in [5, 5.41) is 14.4. The van der Waals surface area contributed by atoms with Gasteiger partial charge in [-0.1, -0.05) is 36.4 Å². The Morgan fingerprint density at radius 3 is 2.39 bits per heavy atom. The number of nitrogens with one attached hydrogen (secondary N) is 1. The monoisotopic (exact) mass is 512 g/mol. The summed E-state index contributed by atoms with van der Waals surface area (Å²) in [5.74, 6) is -1.63. The van der Waals surface area contributed by atoms with Gasteiger partial charge in [0.1, 0.15) is 5.75 Å². The number of amides is 2. The average molecular weight is 513 g/mol. The summed E-state index contributed by atoms with van der Waals surface area (Å²) in [4.78, 5) is 40.4. The average Bonchev–Trinajstić information content (AvgIpc) is 3.47. The van der Waals surface area contributed by atoms with Gasteiger partial charge in [0.15, 0.2) is 22.9 Å². The van der Waals surface area contributed by atoms with Crippen molar-refractivity contribution in [3.63, 3.8) is 0 Å². The third-order valence-corrected chi connectivity index (χ3v) is 6.28. The Bertz CT molecular complexity index is 1620. The zero-order chi connectivity index (χ0) is 27.0. The number of aliphatic hydroxyl groups is 1. The van der Waals surface area contributed by atoms with E-state index in [9.17, 15) is 19.5 Å². The zero-order valence-electron chi connectivity index (χ0n) is 20.8. The molecule has 0 spiro atoms. The van der Waals surface area contributed by atoms with Crippen LogP contribution in [0, 0.1) is 0 Å². The van der Waals surface area contributed by atoms with Crippen LogP contribution in [0.15, 0.2) is 88.5 Å². The first-order valence-corrected chi connectivity index (χ1v) is 11.7. The smallest absolute Gasteiger partial charge is 0.294 e. The van der Waals surface area contributed by atoms with Gasteiger partial charge in [-0.25, -0.2) is 0 Å². The minimum Gasteiger partial charge on any atom is -0.503 e. The van der Waals surface area contributed by atoms with Gasteiger partial charge in [0.2, 0.25) is 11.7 Å². The molecule has 1 aromatic heterocycles. The molecule has 1 aliphatic rings. The maximum atomic E-state index is 13.9. The topological polar surface area (TPSA) is 118 Å². The Kier molecular flexibility index (Phi) is 6.34. The van der Waals surface area contributed by atoms with Crippen molar-refractivity contribution in [2.75, 3.05) is 24.4 Å². The Balaban J connectivity index is 1.67. The lowest BCUT2D eigenvalue weighted by molar-refractivity contribution is -0.117. The van der Waals surface area contributed by atoms with Crippen LogP contribution in [0.5, 0.6) is 11.5 Å². The van der Waals surface area contributed by atoms with E-state index in [1.54, 1.807) is 72.8 Å². The highest BCUT2D eigenvalue weighted by molar-refractivity contribution is 6.21. The van der Waals surface area contributed by atoms with Crippen LogP contribution < -0.4 is 19.7 Å². The highest BCUT2D eigenvalue weighted by atomic mass is 16.5. The van der Waals surface area contributed by atoms with Gasteiger partial charge < -0.3 is 24.3 Å². The van der Waals surface area contributed by atoms with Crippen LogP contribution in [0.4, 0.5) is 11.4 Å². The predicted molar refractivity (Wildman–Crippen MR) is 141 cm³/mol. The number of carbonyl (C=O) groups excluding carboxylic acids is 3. The molecule has 3 aromatic carbocycles. The Morgan fingerprint density at radius 2 is 1.66 bits per heavy atom. The number of furan rings is 1. The molecule has 9 nitrogen and oxygen atoms in total. The number of carbonyl (C=O) groups is 3. The Hall–Kier alpha value is -5.05. The van der Waals surface area contributed by atoms with Gasteiger partial charge in [-0.15, -0.1) is 0 Å². The van der Waals surface area contributed by atoms with Gasteiger partial charge >= 0.3 is 0 Å². The van der Waals surface area contributed by atoms with Crippen molar-refractivity contribution in [2.24, 2.45) is 0 Å². The van der Waals surface area contributed by atoms with Crippen LogP contribution in [0.2, 0.25) is 0 Å². The number of ether oxygens (including phenoxy) is 2. The number of benzene rings is 3. The van der Waals surface area contributed by atoms with E-state index in [4.69, 9.17) is 13.9 Å². The van der Waals surface area contributed by atoms with Crippen molar-refractivity contribution in [2.45, 2.75) is 13.0 Å². The number of ketones is 1. The van der Waals surface area contributed by atoms with E-state index < -0.39 is 23.5 Å². The number of nitrogens with zero attached hydrogens (tertiary/aromatic N) is 1. The summed E-state index contributed by atoms with van der Waals surface area (Å²) in [6, 6.07) is 19.2. The number of methoxy groups -OCH3 is 2. The van der Waals surface area contributed by atoms with Gasteiger partial charge in [-0.3, -0.25) is 19.3 Å². The fourth-order valence-electron chi connectivity index (χ4n) is 4.67. The molecule has 0 radical (unpaired) electrons. The van der Waals surface area contributed by atoms with E-state index in [-0.39, 0.29) is 17.2 Å². The largest absolute Gasteiger partial charge is 0.503 e. The molecule has 0 bridgehead atoms. The maximum Gasteiger partial charge on any atom is 0.294 e. The van der Waals surface area contributed by atoms with Crippen molar-refractivity contribution >= 4 is 39.9 Å². The zero-order valence-corrected chi connectivity index (χ0v) is 20.8. The number of aliphatic hydroxyl groups excluding tert-OH is 1. The van der Waals surface area contributed by atoms with E-state index in [1.807, 2.05) is 0 Å². The number of para-hydroxylation sites is 2. The first-order chi connectivity index (χ1) is 18.3. The van der Waals surface area contributed by atoms with Crippen LogP contribution in [-0.2, 0) is 9.59 Å². The van der Waals surface area contributed by atoms with Crippen LogP contribution >= 0.6 is 0 Å². The molecule has 5 rings (SSSR count). The number of hydrogen-bond acceptors (Lipinski definition) is 7. The standard InChI is InChI=1S/C29H24N2O7/c1-16(32)30-18-9-7-10-19(15-18)31-25(20-11-4-5-12-21(20)36-2)24(27(34)29(31)35)26(33)23-14-17-8-6-13-22(37-3)28(17)38-23/h4-15,25,34H,1-3H3,(H,30,32). The van der Waals surface area contributed by atoms with Crippen molar-refractivity contribution in [1.82, 2.24) is 0 Å². The lowest BCUT2D eigenvalue weighted by atomic mass is 9.94. The number of Topliss-reactive ketones (excluding diaryl/α,β-unsaturated/α-hetero) is 1. The van der Waals surface area contributed by atoms with E-state index in [0.29, 0.717) is 39.4 Å². The van der Waals surface area contributed by atoms with Crippen molar-refractivity contribution in [3.8, 4) is 11.5 Å². The lowest BCUT2D eigenvalue weighted by Crippen LogP contribution is -2.31. The van der Waals surface area contributed by atoms with Crippen molar-refractivity contribution in [1.29, 1.82) is 0 Å². The molecule has 1 atom stereocenters. The quantitative estimate of drug-likeness (QED) is 0.327. The molecule has 0 fully saturated rings. The van der Waals surface area contributed by atoms with Crippen molar-refractivity contribution < 1.29 is 33.4 Å². The normalized spacial score (nSPS) is 15.2. The summed E-state index contributed by atoms with van der Waals surface area (Å²) in [6.45, 7) is 1.37. The number of fused-ring (bicyclic) bond motifs is 1. The van der Waals surface area contributed by atoms with Crippen molar-refractivity contribution in [3.05, 3.63) is 95.5 Å². The molecule has 9 heteroatoms. The molecule has 2 N–H and O–H groups in total. The van der Waals surface area contributed by atoms with Crippen LogP contribution in [0.1, 0.15) is 29.1 Å². The molecule has 0 saturated heterocycles. The fourth-order valence-corrected chi connectivity index (χ4v) is 4.67. The van der Waals surface area contributed by atoms with Gasteiger partial charge in [0.25, 0.3) is 5.91 Å². The Morgan fingerprint density at radius 1 is 0.947 bits per heavy atom. The van der Waals surface area contributed by atoms with Gasteiger partial charge in [-0.05, 0) is 36.4 Å². The lowest BCUT2D eigenvalue weighted by Gasteiger charge is -2.28. The number of anilines is 2. The third kappa shape index (κ3) is 4.13. The second-order valence-electron chi connectivity index (χ2n) is 8.63. The Labute approximate surface area is 217 Å². The van der Waals surface area contributed by atoms with Crippen LogP contribution in [-0.4, -0.2) is 36.9 Å². The molecule has 4 aromatic rings. The summed E-state index contributed by atoms with van der Waals surface area (Å²) in [5.41, 5.74) is 1.50. The van der Waals surface area contributed by atoms with Crippen LogP contribution in [0.3, 0.4) is 0 Å². The molecule has 38 heavy (non-hydrogen) atoms. The summed E-state index contributed by atoms with van der Waals surface area (Å²) >= 11 is 0. The van der Waals surface area contributed by atoms with E-state index >= 15 is 0 Å². The minimum atomic E-state index is -1.05. The molecular formula is C29H24N2O7. The van der Waals surface area contributed by atoms with Gasteiger partial charge in [0, 0.05) is 29.2 Å². The SMILES string of the molecule is COc1ccccc1C1C(C(=O)c2cc3cccc(OC)c3o2)=C(O)C(=O)N1c1cccc(NC(C)=O)c1. The maximum absolute atomic E-state index is 13.9. The highest BCUT2D eigenvalue weighted by Gasteiger charge is 2.46. The molecule has 1 aliphatic heterocycles. The third-order valence-electron chi connectivity index (χ3n) is 6.28. The first-order valence-electron chi connectivity index (χ1n) is 11.7. The van der Waals surface area contributed by atoms with E-state index in [1.165, 1.54) is 26.0 Å². The van der Waals surface area contributed by atoms with Gasteiger partial charge in [0.05, 0.1) is 25.8 Å². The summed E-state index contributed by atoms with van der Waals surface area (Å²) in [6.07, 6.45) is 0. The fraction of sp³-hybridized carbons (Fsp3) is 0.138.